The van der Waals surface area contributed by atoms with E-state index in [0.717, 1.165) is 0 Å². The third-order valence-corrected chi connectivity index (χ3v) is 2.62. The number of hydrogen-bond donors (Lipinski definition) is 1. The van der Waals surface area contributed by atoms with Gasteiger partial charge in [-0.2, -0.15) is 13.2 Å². The van der Waals surface area contributed by atoms with E-state index in [-0.39, 0.29) is 11.8 Å². The molecular weight excluding hydrogens is 271 g/mol. The molecule has 1 unspecified atom stereocenters. The molecule has 2 rings (SSSR count). The summed E-state index contributed by atoms with van der Waals surface area (Å²) in [6.45, 7) is 0.528. The molecule has 0 amide bonds. The standard InChI is InChI=1S/C14H14F3NO2/c1-10(12-7-4-8-19-12)18-11-5-2-3-6-13(11)20-9-14(15,16)17/h2-8,10,18H,9H2,1H3. The molecule has 0 aliphatic heterocycles. The maximum Gasteiger partial charge on any atom is 0.422 e. The Labute approximate surface area is 114 Å². The molecule has 0 spiro atoms. The van der Waals surface area contributed by atoms with E-state index in [1.54, 1.807) is 36.6 Å². The minimum absolute atomic E-state index is 0.156. The lowest BCUT2D eigenvalue weighted by Crippen LogP contribution is -2.20. The van der Waals surface area contributed by atoms with E-state index >= 15 is 0 Å². The first kappa shape index (κ1) is 14.3. The van der Waals surface area contributed by atoms with Gasteiger partial charge in [-0.25, -0.2) is 0 Å². The highest BCUT2D eigenvalue weighted by Crippen LogP contribution is 2.29. The van der Waals surface area contributed by atoms with Gasteiger partial charge >= 0.3 is 6.18 Å². The predicted molar refractivity (Wildman–Crippen MR) is 68.7 cm³/mol. The third-order valence-electron chi connectivity index (χ3n) is 2.62. The summed E-state index contributed by atoms with van der Waals surface area (Å²) in [4.78, 5) is 0. The second kappa shape index (κ2) is 5.90. The second-order valence-corrected chi connectivity index (χ2v) is 4.28. The Bertz CT molecular complexity index is 538. The van der Waals surface area contributed by atoms with Crippen LogP contribution >= 0.6 is 0 Å². The van der Waals surface area contributed by atoms with Gasteiger partial charge in [0.1, 0.15) is 11.5 Å². The highest BCUT2D eigenvalue weighted by atomic mass is 19.4. The Balaban J connectivity index is 2.08. The Morgan fingerprint density at radius 3 is 2.60 bits per heavy atom. The zero-order valence-corrected chi connectivity index (χ0v) is 10.8. The summed E-state index contributed by atoms with van der Waals surface area (Å²) >= 11 is 0. The maximum atomic E-state index is 12.2. The van der Waals surface area contributed by atoms with Crippen LogP contribution in [0.2, 0.25) is 0 Å². The Hall–Kier alpha value is -2.11. The zero-order valence-electron chi connectivity index (χ0n) is 10.8. The van der Waals surface area contributed by atoms with Gasteiger partial charge in [0.05, 0.1) is 18.0 Å². The summed E-state index contributed by atoms with van der Waals surface area (Å²) < 4.78 is 46.6. The Kier molecular flexibility index (Phi) is 4.22. The van der Waals surface area contributed by atoms with Crippen molar-refractivity contribution < 1.29 is 22.3 Å². The number of furan rings is 1. The van der Waals surface area contributed by atoms with Gasteiger partial charge < -0.3 is 14.5 Å². The van der Waals surface area contributed by atoms with Crippen molar-refractivity contribution in [1.29, 1.82) is 0 Å². The number of anilines is 1. The van der Waals surface area contributed by atoms with Crippen LogP contribution in [0.5, 0.6) is 5.75 Å². The average molecular weight is 285 g/mol. The number of benzene rings is 1. The van der Waals surface area contributed by atoms with Gasteiger partial charge in [-0.05, 0) is 31.2 Å². The zero-order chi connectivity index (χ0) is 14.6. The van der Waals surface area contributed by atoms with Crippen molar-refractivity contribution in [1.82, 2.24) is 0 Å². The minimum atomic E-state index is -4.36. The summed E-state index contributed by atoms with van der Waals surface area (Å²) in [7, 11) is 0. The first-order valence-corrected chi connectivity index (χ1v) is 6.04. The number of halogens is 3. The van der Waals surface area contributed by atoms with Gasteiger partial charge in [-0.3, -0.25) is 0 Å². The highest BCUT2D eigenvalue weighted by Gasteiger charge is 2.28. The largest absolute Gasteiger partial charge is 0.482 e. The van der Waals surface area contributed by atoms with Crippen LogP contribution in [0.1, 0.15) is 18.7 Å². The summed E-state index contributed by atoms with van der Waals surface area (Å²) in [5, 5.41) is 3.06. The first-order chi connectivity index (χ1) is 9.46. The van der Waals surface area contributed by atoms with Crippen molar-refractivity contribution in [2.45, 2.75) is 19.1 Å². The molecule has 1 aromatic heterocycles. The molecule has 3 nitrogen and oxygen atoms in total. The molecule has 1 aromatic carbocycles. The van der Waals surface area contributed by atoms with Crippen molar-refractivity contribution >= 4 is 5.69 Å². The van der Waals surface area contributed by atoms with Crippen molar-refractivity contribution in [2.24, 2.45) is 0 Å². The summed E-state index contributed by atoms with van der Waals surface area (Å²) in [5.74, 6) is 0.846. The molecule has 0 radical (unpaired) electrons. The van der Waals surface area contributed by atoms with Crippen LogP contribution in [0.4, 0.5) is 18.9 Å². The van der Waals surface area contributed by atoms with Gasteiger partial charge in [0.2, 0.25) is 0 Å². The molecule has 1 N–H and O–H groups in total. The number of nitrogens with one attached hydrogen (secondary N) is 1. The Morgan fingerprint density at radius 2 is 1.95 bits per heavy atom. The van der Waals surface area contributed by atoms with Crippen molar-refractivity contribution in [2.75, 3.05) is 11.9 Å². The normalized spacial score (nSPS) is 13.0. The van der Waals surface area contributed by atoms with Gasteiger partial charge in [-0.1, -0.05) is 12.1 Å². The van der Waals surface area contributed by atoms with E-state index in [4.69, 9.17) is 9.15 Å². The van der Waals surface area contributed by atoms with Gasteiger partial charge in [-0.15, -0.1) is 0 Å². The third kappa shape index (κ3) is 3.94. The van der Waals surface area contributed by atoms with Crippen molar-refractivity contribution in [3.8, 4) is 5.75 Å². The van der Waals surface area contributed by atoms with Crippen molar-refractivity contribution in [3.63, 3.8) is 0 Å². The molecule has 0 saturated heterocycles. The summed E-state index contributed by atoms with van der Waals surface area (Å²) in [6.07, 6.45) is -2.82. The van der Waals surface area contributed by atoms with Crippen LogP contribution in [0, 0.1) is 0 Å². The lowest BCUT2D eigenvalue weighted by Gasteiger charge is -2.17. The fourth-order valence-corrected chi connectivity index (χ4v) is 1.71. The molecule has 0 aliphatic carbocycles. The molecule has 0 fully saturated rings. The van der Waals surface area contributed by atoms with Crippen LogP contribution < -0.4 is 10.1 Å². The van der Waals surface area contributed by atoms with Gasteiger partial charge in [0.15, 0.2) is 6.61 Å². The molecule has 0 saturated carbocycles. The smallest absolute Gasteiger partial charge is 0.422 e. The highest BCUT2D eigenvalue weighted by molar-refractivity contribution is 5.57. The first-order valence-electron chi connectivity index (χ1n) is 6.04. The molecule has 0 aliphatic rings. The molecule has 20 heavy (non-hydrogen) atoms. The molecule has 1 heterocycles. The van der Waals surface area contributed by atoms with Crippen LogP contribution in [-0.2, 0) is 0 Å². The molecule has 108 valence electrons. The number of alkyl halides is 3. The molecule has 1 atom stereocenters. The molecule has 0 bridgehead atoms. The quantitative estimate of drug-likeness (QED) is 0.884. The fraction of sp³-hybridized carbons (Fsp3) is 0.286. The average Bonchev–Trinajstić information content (AvgIpc) is 2.90. The lowest BCUT2D eigenvalue weighted by atomic mass is 10.2. The number of hydrogen-bond acceptors (Lipinski definition) is 3. The Morgan fingerprint density at radius 1 is 1.20 bits per heavy atom. The van der Waals surface area contributed by atoms with E-state index in [1.165, 1.54) is 6.07 Å². The van der Waals surface area contributed by atoms with E-state index in [1.807, 2.05) is 6.92 Å². The van der Waals surface area contributed by atoms with E-state index in [2.05, 4.69) is 5.32 Å². The SMILES string of the molecule is CC(Nc1ccccc1OCC(F)(F)F)c1ccco1. The summed E-state index contributed by atoms with van der Waals surface area (Å²) in [5.41, 5.74) is 0.487. The van der Waals surface area contributed by atoms with E-state index < -0.39 is 12.8 Å². The van der Waals surface area contributed by atoms with Crippen LogP contribution in [-0.4, -0.2) is 12.8 Å². The number of rotatable bonds is 5. The van der Waals surface area contributed by atoms with E-state index in [0.29, 0.717) is 11.4 Å². The lowest BCUT2D eigenvalue weighted by molar-refractivity contribution is -0.153. The maximum absolute atomic E-state index is 12.2. The number of para-hydroxylation sites is 2. The van der Waals surface area contributed by atoms with Crippen LogP contribution in [0.25, 0.3) is 0 Å². The van der Waals surface area contributed by atoms with E-state index in [9.17, 15) is 13.2 Å². The molecule has 2 aromatic rings. The topological polar surface area (TPSA) is 34.4 Å². The second-order valence-electron chi connectivity index (χ2n) is 4.28. The predicted octanol–water partition coefficient (Wildman–Crippen LogP) is 4.39. The minimum Gasteiger partial charge on any atom is -0.482 e. The van der Waals surface area contributed by atoms with Crippen LogP contribution in [0.3, 0.4) is 0 Å². The monoisotopic (exact) mass is 285 g/mol. The fourth-order valence-electron chi connectivity index (χ4n) is 1.71. The number of ether oxygens (including phenoxy) is 1. The van der Waals surface area contributed by atoms with Gasteiger partial charge in [0.25, 0.3) is 0 Å². The molecular formula is C14H14F3NO2. The summed E-state index contributed by atoms with van der Waals surface area (Å²) in [6, 6.07) is 9.84. The van der Waals surface area contributed by atoms with Crippen molar-refractivity contribution in [3.05, 3.63) is 48.4 Å². The van der Waals surface area contributed by atoms with Gasteiger partial charge in [0, 0.05) is 0 Å². The van der Waals surface area contributed by atoms with Crippen LogP contribution in [0.15, 0.2) is 47.1 Å². The molecule has 6 heteroatoms.